The first kappa shape index (κ1) is 26.5. The molecule has 1 saturated heterocycles. The minimum atomic E-state index is -4.70. The van der Waals surface area contributed by atoms with E-state index < -0.39 is 47.7 Å². The summed E-state index contributed by atoms with van der Waals surface area (Å²) in [5, 5.41) is 18.3. The van der Waals surface area contributed by atoms with E-state index in [0.29, 0.717) is 5.57 Å². The van der Waals surface area contributed by atoms with Gasteiger partial charge in [-0.25, -0.2) is 14.0 Å². The van der Waals surface area contributed by atoms with E-state index >= 15 is 0 Å². The number of nitrogens with zero attached hydrogens (tertiary/aromatic N) is 5. The molecule has 3 aromatic heterocycles. The summed E-state index contributed by atoms with van der Waals surface area (Å²) in [5.74, 6) is -3.09. The number of carboxylic acid groups (broad SMARTS) is 1. The predicted octanol–water partition coefficient (Wildman–Crippen LogP) is -0.347. The fourth-order valence-electron chi connectivity index (χ4n) is 4.16. The number of nitrogens with two attached hydrogens (primary N) is 1. The van der Waals surface area contributed by atoms with E-state index in [-0.39, 0.29) is 28.8 Å². The van der Waals surface area contributed by atoms with E-state index in [9.17, 15) is 32.7 Å². The molecule has 3 aromatic rings. The van der Waals surface area contributed by atoms with Crippen LogP contribution < -0.4 is 20.6 Å². The summed E-state index contributed by atoms with van der Waals surface area (Å²) >= 11 is 2.14. The highest BCUT2D eigenvalue weighted by Gasteiger charge is 2.53. The number of rotatable bonds is 8. The molecule has 0 aliphatic carbocycles. The Hall–Kier alpha value is -4.12. The van der Waals surface area contributed by atoms with E-state index in [0.717, 1.165) is 21.9 Å². The number of amides is 2. The maximum Gasteiger partial charge on any atom is 0.425 e. The van der Waals surface area contributed by atoms with Crippen molar-refractivity contribution in [3.63, 3.8) is 0 Å². The van der Waals surface area contributed by atoms with Gasteiger partial charge >= 0.3 is 6.18 Å². The molecule has 0 unspecified atom stereocenters. The van der Waals surface area contributed by atoms with Gasteiger partial charge in [0, 0.05) is 22.8 Å². The molecule has 2 amide bonds. The third kappa shape index (κ3) is 5.26. The molecule has 2 atom stereocenters. The minimum Gasteiger partial charge on any atom is -0.543 e. The number of carboxylic acids is 1. The lowest BCUT2D eigenvalue weighted by Gasteiger charge is -2.50. The van der Waals surface area contributed by atoms with Crippen LogP contribution >= 0.6 is 23.1 Å². The van der Waals surface area contributed by atoms with Crippen LogP contribution in [0, 0.1) is 0 Å². The standard InChI is InChI=1S/C22H18F3N7O5S2/c23-22(24,25)10-37-29-14(12-9-39-21(26)27-12)17(33)28-15-18(34)32-16(20(35)36)11(8-38-19(15)32)7-31-6-5-30-4-2-1-3-13(30)31/h1-6,9,15,19H,7-8,10H2,(H3-,26,27,28,33,35,36)/b29-14-/t15-,19-/m1/s1. The molecule has 0 saturated carbocycles. The van der Waals surface area contributed by atoms with Crippen molar-refractivity contribution in [1.29, 1.82) is 0 Å². The highest BCUT2D eigenvalue weighted by Crippen LogP contribution is 2.40. The molecule has 12 nitrogen and oxygen atoms in total. The molecule has 1 fully saturated rings. The van der Waals surface area contributed by atoms with Crippen LogP contribution in [0.2, 0.25) is 0 Å². The lowest BCUT2D eigenvalue weighted by molar-refractivity contribution is -0.510. The number of fused-ring (bicyclic) bond motifs is 2. The van der Waals surface area contributed by atoms with Crippen molar-refractivity contribution < 1.29 is 41.9 Å². The van der Waals surface area contributed by atoms with Gasteiger partial charge in [-0.3, -0.25) is 14.5 Å². The number of aliphatic carboxylic acids is 1. The van der Waals surface area contributed by atoms with Crippen LogP contribution in [0.1, 0.15) is 5.69 Å². The van der Waals surface area contributed by atoms with E-state index in [1.54, 1.807) is 12.4 Å². The van der Waals surface area contributed by atoms with Gasteiger partial charge in [0.25, 0.3) is 17.5 Å². The number of hydrogen-bond donors (Lipinski definition) is 2. The molecule has 204 valence electrons. The zero-order chi connectivity index (χ0) is 27.9. The summed E-state index contributed by atoms with van der Waals surface area (Å²) in [7, 11) is 0. The lowest BCUT2D eigenvalue weighted by atomic mass is 10.0. The summed E-state index contributed by atoms with van der Waals surface area (Å²) in [5.41, 5.74) is 5.76. The minimum absolute atomic E-state index is 0.0280. The first-order valence-electron chi connectivity index (χ1n) is 11.2. The average molecular weight is 582 g/mol. The predicted molar refractivity (Wildman–Crippen MR) is 130 cm³/mol. The van der Waals surface area contributed by atoms with Gasteiger partial charge in [-0.1, -0.05) is 11.2 Å². The summed E-state index contributed by atoms with van der Waals surface area (Å²) in [6.45, 7) is -1.57. The molecule has 5 heterocycles. The Morgan fingerprint density at radius 1 is 1.33 bits per heavy atom. The number of hydrogen-bond acceptors (Lipinski definition) is 10. The van der Waals surface area contributed by atoms with Gasteiger partial charge in [0.1, 0.15) is 36.0 Å². The van der Waals surface area contributed by atoms with Crippen LogP contribution in [0.3, 0.4) is 0 Å². The van der Waals surface area contributed by atoms with Crippen molar-refractivity contribution in [3.8, 4) is 0 Å². The maximum absolute atomic E-state index is 13.0. The van der Waals surface area contributed by atoms with E-state index in [4.69, 9.17) is 5.73 Å². The van der Waals surface area contributed by atoms with Crippen LogP contribution in [-0.4, -0.2) is 67.9 Å². The highest BCUT2D eigenvalue weighted by molar-refractivity contribution is 8.00. The molecule has 0 spiro atoms. The van der Waals surface area contributed by atoms with Crippen molar-refractivity contribution in [2.45, 2.75) is 24.1 Å². The normalized spacial score (nSPS) is 19.6. The number of halogens is 3. The summed E-state index contributed by atoms with van der Waals surface area (Å²) < 4.78 is 41.2. The number of β-lactam (4-membered cyclic amide) rings is 1. The first-order chi connectivity index (χ1) is 18.5. The highest BCUT2D eigenvalue weighted by atomic mass is 32.2. The van der Waals surface area contributed by atoms with Crippen molar-refractivity contribution in [2.24, 2.45) is 5.16 Å². The quantitative estimate of drug-likeness (QED) is 0.158. The Balaban J connectivity index is 1.35. The zero-order valence-corrected chi connectivity index (χ0v) is 21.3. The van der Waals surface area contributed by atoms with Gasteiger partial charge in [-0.2, -0.15) is 13.2 Å². The van der Waals surface area contributed by atoms with Crippen molar-refractivity contribution in [3.05, 3.63) is 59.1 Å². The van der Waals surface area contributed by atoms with Crippen molar-refractivity contribution in [1.82, 2.24) is 19.8 Å². The number of thioether (sulfide) groups is 1. The Labute approximate surface area is 225 Å². The first-order valence-corrected chi connectivity index (χ1v) is 13.1. The van der Waals surface area contributed by atoms with Crippen molar-refractivity contribution in [2.75, 3.05) is 18.1 Å². The monoisotopic (exact) mass is 581 g/mol. The largest absolute Gasteiger partial charge is 0.543 e. The number of anilines is 1. The number of thiazole rings is 1. The third-order valence-corrected chi connectivity index (χ3v) is 7.83. The summed E-state index contributed by atoms with van der Waals surface area (Å²) in [4.78, 5) is 47.2. The molecule has 5 rings (SSSR count). The van der Waals surface area contributed by atoms with E-state index in [1.807, 2.05) is 33.4 Å². The second-order valence-corrected chi connectivity index (χ2v) is 10.4. The average Bonchev–Trinajstić information content (AvgIpc) is 3.50. The van der Waals surface area contributed by atoms with Crippen LogP contribution in [0.15, 0.2) is 58.6 Å². The van der Waals surface area contributed by atoms with E-state index in [1.165, 1.54) is 17.1 Å². The molecule has 17 heteroatoms. The number of alkyl halides is 3. The molecular formula is C22H18F3N7O5S2. The Kier molecular flexibility index (Phi) is 6.94. The number of imidazole rings is 1. The second-order valence-electron chi connectivity index (χ2n) is 8.39. The number of nitrogen functional groups attached to an aromatic ring is 1. The number of carbonyl (C=O) groups excluding carboxylic acids is 3. The second kappa shape index (κ2) is 10.2. The summed E-state index contributed by atoms with van der Waals surface area (Å²) in [6.07, 6.45) is 0.719. The Morgan fingerprint density at radius 2 is 2.13 bits per heavy atom. The molecule has 0 radical (unpaired) electrons. The van der Waals surface area contributed by atoms with Gasteiger partial charge in [0.15, 0.2) is 10.8 Å². The summed E-state index contributed by atoms with van der Waals surface area (Å²) in [6, 6.07) is 4.36. The van der Waals surface area contributed by atoms with Crippen LogP contribution in [0.5, 0.6) is 0 Å². The zero-order valence-electron chi connectivity index (χ0n) is 19.6. The third-order valence-electron chi connectivity index (χ3n) is 5.82. The lowest BCUT2D eigenvalue weighted by Crippen LogP contribution is -2.71. The molecular weight excluding hydrogens is 563 g/mol. The number of aromatic nitrogens is 3. The number of oxime groups is 1. The van der Waals surface area contributed by atoms with Gasteiger partial charge in [0.05, 0.1) is 17.9 Å². The molecule has 39 heavy (non-hydrogen) atoms. The smallest absolute Gasteiger partial charge is 0.425 e. The van der Waals surface area contributed by atoms with Gasteiger partial charge < -0.3 is 25.8 Å². The van der Waals surface area contributed by atoms with Crippen LogP contribution in [0.25, 0.3) is 5.65 Å². The van der Waals surface area contributed by atoms with Gasteiger partial charge in [-0.05, 0) is 6.07 Å². The fourth-order valence-corrected chi connectivity index (χ4v) is 6.04. The number of carbonyl (C=O) groups is 3. The molecule has 0 aromatic carbocycles. The van der Waals surface area contributed by atoms with Crippen LogP contribution in [-0.2, 0) is 25.8 Å². The molecule has 2 aliphatic rings. The topological polar surface area (TPSA) is 159 Å². The molecule has 0 bridgehead atoms. The van der Waals surface area contributed by atoms with Crippen molar-refractivity contribution >= 4 is 57.4 Å². The maximum atomic E-state index is 13.0. The van der Waals surface area contributed by atoms with Crippen LogP contribution in [0.4, 0.5) is 18.3 Å². The Bertz CT molecular complexity index is 1530. The Morgan fingerprint density at radius 3 is 2.82 bits per heavy atom. The fraction of sp³-hybridized carbons (Fsp3) is 0.273. The SMILES string of the molecule is Nc1nc(/C(=N/OCC(F)(F)F)C(=O)N[C@@H]2C(=O)N3C(C(=O)[O-])=C(Cn4cc[n+]5ccccc45)CS[C@H]23)cs1. The van der Waals surface area contributed by atoms with E-state index in [2.05, 4.69) is 20.3 Å². The molecule has 3 N–H and O–H groups in total. The van der Waals surface area contributed by atoms with Gasteiger partial charge in [-0.15, -0.1) is 23.1 Å². The van der Waals surface area contributed by atoms with Gasteiger partial charge in [0.2, 0.25) is 6.61 Å². The molecule has 2 aliphatic heterocycles. The number of pyridine rings is 1. The number of nitrogens with one attached hydrogen (secondary N) is 1.